The van der Waals surface area contributed by atoms with E-state index in [-0.39, 0.29) is 36.0 Å². The molecule has 4 aromatic rings. The zero-order valence-electron chi connectivity index (χ0n) is 22.4. The van der Waals surface area contributed by atoms with Crippen LogP contribution in [0.2, 0.25) is 0 Å². The molecule has 2 saturated heterocycles. The maximum atomic E-state index is 14.7. The highest BCUT2D eigenvalue weighted by atomic mass is 19.1. The number of carbonyl (C=O) groups is 1. The second-order valence-electron chi connectivity index (χ2n) is 11.1. The third kappa shape index (κ3) is 5.11. The highest BCUT2D eigenvalue weighted by Crippen LogP contribution is 2.38. The molecule has 2 fully saturated rings. The van der Waals surface area contributed by atoms with Crippen LogP contribution in [0.5, 0.6) is 0 Å². The van der Waals surface area contributed by atoms with E-state index in [0.29, 0.717) is 42.3 Å². The number of carbonyl (C=O) groups excluding carboxylic acids is 1. The lowest BCUT2D eigenvalue weighted by molar-refractivity contribution is 0.0946. The fraction of sp³-hybridized carbons (Fsp3) is 0.500. The first kappa shape index (κ1) is 25.4. The first-order valence-electron chi connectivity index (χ1n) is 13.1. The number of imidazole rings is 1. The number of nitrogens with zero attached hydrogens (tertiary/aromatic N) is 7. The third-order valence-corrected chi connectivity index (χ3v) is 7.02. The largest absolute Gasteiger partial charge is 0.376 e. The fourth-order valence-electron chi connectivity index (χ4n) is 4.78. The topological polar surface area (TPSA) is 131 Å². The molecule has 2 N–H and O–H groups in total. The molecule has 12 nitrogen and oxygen atoms in total. The van der Waals surface area contributed by atoms with Gasteiger partial charge in [0.1, 0.15) is 18.0 Å². The van der Waals surface area contributed by atoms with E-state index in [9.17, 15) is 9.18 Å². The summed E-state index contributed by atoms with van der Waals surface area (Å²) in [6, 6.07) is 3.49. The number of epoxide rings is 1. The fourth-order valence-corrected chi connectivity index (χ4v) is 4.78. The summed E-state index contributed by atoms with van der Waals surface area (Å²) in [4.78, 5) is 23.9. The van der Waals surface area contributed by atoms with Crippen molar-refractivity contribution < 1.29 is 18.4 Å². The summed E-state index contributed by atoms with van der Waals surface area (Å²) in [5.41, 5.74) is 2.92. The van der Waals surface area contributed by atoms with Crippen molar-refractivity contribution in [3.63, 3.8) is 0 Å². The molecule has 0 radical (unpaired) electrons. The van der Waals surface area contributed by atoms with Crippen molar-refractivity contribution in [3.8, 4) is 11.5 Å². The monoisotopic (exact) mass is 537 g/mol. The molecule has 2 aliphatic heterocycles. The summed E-state index contributed by atoms with van der Waals surface area (Å²) in [5, 5.41) is 14.6. The molecule has 0 bridgehead atoms. The molecule has 0 unspecified atom stereocenters. The summed E-state index contributed by atoms with van der Waals surface area (Å²) in [7, 11) is 1.93. The van der Waals surface area contributed by atoms with Gasteiger partial charge < -0.3 is 24.8 Å². The van der Waals surface area contributed by atoms with Crippen LogP contribution in [0, 0.1) is 0 Å². The minimum Gasteiger partial charge on any atom is -0.376 e. The maximum absolute atomic E-state index is 14.7. The van der Waals surface area contributed by atoms with E-state index >= 15 is 0 Å². The Hall–Kier alpha value is -3.84. The number of alkyl halides is 1. The number of hydrogen-bond donors (Lipinski definition) is 2. The number of hydrogen-bond acceptors (Lipinski definition) is 9. The van der Waals surface area contributed by atoms with Gasteiger partial charge in [0, 0.05) is 25.5 Å². The quantitative estimate of drug-likeness (QED) is 0.342. The Balaban J connectivity index is 1.22. The van der Waals surface area contributed by atoms with Gasteiger partial charge in [-0.2, -0.15) is 10.1 Å². The molecule has 0 spiro atoms. The molecule has 0 saturated carbocycles. The molecule has 39 heavy (non-hydrogen) atoms. The Morgan fingerprint density at radius 2 is 2.10 bits per heavy atom. The van der Waals surface area contributed by atoms with Gasteiger partial charge in [-0.1, -0.05) is 5.16 Å². The van der Waals surface area contributed by atoms with Gasteiger partial charge in [-0.25, -0.2) is 9.37 Å². The number of anilines is 1. The maximum Gasteiger partial charge on any atom is 0.254 e. The van der Waals surface area contributed by atoms with Crippen LogP contribution in [0.4, 0.5) is 10.1 Å². The zero-order valence-corrected chi connectivity index (χ0v) is 22.4. The number of rotatable bonds is 7. The summed E-state index contributed by atoms with van der Waals surface area (Å²) in [5.74, 6) is 0.245. The van der Waals surface area contributed by atoms with E-state index in [1.54, 1.807) is 10.9 Å². The van der Waals surface area contributed by atoms with E-state index in [1.807, 2.05) is 55.4 Å². The lowest BCUT2D eigenvalue weighted by Crippen LogP contribution is -2.46. The second kappa shape index (κ2) is 9.72. The van der Waals surface area contributed by atoms with Crippen LogP contribution in [0.25, 0.3) is 17.2 Å². The lowest BCUT2D eigenvalue weighted by atomic mass is 10.0. The summed E-state index contributed by atoms with van der Waals surface area (Å²) >= 11 is 0. The van der Waals surface area contributed by atoms with Gasteiger partial charge in [0.25, 0.3) is 5.91 Å². The van der Waals surface area contributed by atoms with Crippen molar-refractivity contribution in [2.24, 2.45) is 0 Å². The van der Waals surface area contributed by atoms with E-state index in [0.717, 1.165) is 17.9 Å². The number of halogens is 1. The van der Waals surface area contributed by atoms with Crippen LogP contribution in [0.15, 0.2) is 35.2 Å². The molecule has 1 amide bonds. The molecule has 6 rings (SSSR count). The number of piperidine rings is 1. The number of fused-ring (bicyclic) bond motifs is 1. The third-order valence-electron chi connectivity index (χ3n) is 7.02. The minimum atomic E-state index is -0.984. The van der Waals surface area contributed by atoms with Crippen molar-refractivity contribution in [1.82, 2.24) is 39.5 Å². The molecule has 6 heterocycles. The van der Waals surface area contributed by atoms with Gasteiger partial charge in [0.05, 0.1) is 47.9 Å². The molecule has 0 aromatic carbocycles. The zero-order chi connectivity index (χ0) is 27.3. The standard InChI is InChI=1S/C26H32FN9O3/c1-26(2,3)36-12-15(10-29-36)25(37)28-11-20-31-23(33-39-20)21-22(19-14-38-19)35-8-5-6-18(24(35)32-21)30-17-7-9-34(4)13-16(17)27/h5-6,8,10,12,16-17,19,30H,7,9,11,13-14H2,1-4H3,(H,28,37)/t16-,17+,19-/m0/s1. The summed E-state index contributed by atoms with van der Waals surface area (Å²) < 4.78 is 29.5. The summed E-state index contributed by atoms with van der Waals surface area (Å²) in [6.45, 7) is 7.85. The lowest BCUT2D eigenvalue weighted by Gasteiger charge is -2.33. The van der Waals surface area contributed by atoms with Crippen molar-refractivity contribution >= 4 is 17.2 Å². The number of ether oxygens (including phenoxy) is 1. The van der Waals surface area contributed by atoms with E-state index in [2.05, 4.69) is 25.9 Å². The first-order chi connectivity index (χ1) is 18.7. The molecule has 13 heteroatoms. The molecular weight excluding hydrogens is 505 g/mol. The highest BCUT2D eigenvalue weighted by molar-refractivity contribution is 5.93. The van der Waals surface area contributed by atoms with E-state index in [1.165, 1.54) is 6.20 Å². The van der Waals surface area contributed by atoms with Crippen molar-refractivity contribution in [2.75, 3.05) is 32.1 Å². The van der Waals surface area contributed by atoms with Gasteiger partial charge in [0.15, 0.2) is 5.65 Å². The van der Waals surface area contributed by atoms with Crippen LogP contribution in [-0.4, -0.2) is 79.1 Å². The number of likely N-dealkylation sites (tertiary alicyclic amines) is 1. The normalized spacial score (nSPS) is 21.8. The molecule has 4 aromatic heterocycles. The van der Waals surface area contributed by atoms with Crippen LogP contribution >= 0.6 is 0 Å². The number of amides is 1. The van der Waals surface area contributed by atoms with E-state index < -0.39 is 6.17 Å². The van der Waals surface area contributed by atoms with Gasteiger partial charge >= 0.3 is 0 Å². The first-order valence-corrected chi connectivity index (χ1v) is 13.1. The molecule has 206 valence electrons. The molecule has 2 aliphatic rings. The molecular formula is C26H32FN9O3. The molecule has 3 atom stereocenters. The number of pyridine rings is 1. The van der Waals surface area contributed by atoms with Crippen LogP contribution in [0.3, 0.4) is 0 Å². The van der Waals surface area contributed by atoms with Crippen molar-refractivity contribution in [3.05, 3.63) is 47.9 Å². The minimum absolute atomic E-state index is 0.0516. The Morgan fingerprint density at radius 3 is 2.82 bits per heavy atom. The average molecular weight is 538 g/mol. The van der Waals surface area contributed by atoms with Crippen LogP contribution in [0.1, 0.15) is 55.2 Å². The van der Waals surface area contributed by atoms with Gasteiger partial charge in [-0.05, 0) is 46.4 Å². The summed E-state index contributed by atoms with van der Waals surface area (Å²) in [6.07, 6.45) is 4.69. The Morgan fingerprint density at radius 1 is 1.28 bits per heavy atom. The van der Waals surface area contributed by atoms with Crippen molar-refractivity contribution in [2.45, 2.75) is 57.6 Å². The Labute approximate surface area is 224 Å². The average Bonchev–Trinajstić information content (AvgIpc) is 3.29. The van der Waals surface area contributed by atoms with Crippen LogP contribution < -0.4 is 10.6 Å². The number of nitrogens with one attached hydrogen (secondary N) is 2. The smallest absolute Gasteiger partial charge is 0.254 e. The van der Waals surface area contributed by atoms with Crippen molar-refractivity contribution in [1.29, 1.82) is 0 Å². The molecule has 0 aliphatic carbocycles. The van der Waals surface area contributed by atoms with Gasteiger partial charge in [0.2, 0.25) is 11.7 Å². The van der Waals surface area contributed by atoms with Gasteiger partial charge in [-0.3, -0.25) is 13.9 Å². The van der Waals surface area contributed by atoms with E-state index in [4.69, 9.17) is 14.2 Å². The Bertz CT molecular complexity index is 1500. The highest BCUT2D eigenvalue weighted by Gasteiger charge is 2.35. The number of aromatic nitrogens is 6. The Kier molecular flexibility index (Phi) is 6.34. The predicted molar refractivity (Wildman–Crippen MR) is 140 cm³/mol. The van der Waals surface area contributed by atoms with Crippen LogP contribution in [-0.2, 0) is 16.8 Å². The van der Waals surface area contributed by atoms with Gasteiger partial charge in [-0.15, -0.1) is 0 Å². The predicted octanol–water partition coefficient (Wildman–Crippen LogP) is 2.79. The SMILES string of the molecule is CN1CC[C@@H](Nc2cccn3c([C@@H]4CO4)c(-c4noc(CNC(=O)c5cnn(C(C)(C)C)c5)n4)nc23)[C@@H](F)C1. The second-order valence-corrected chi connectivity index (χ2v) is 11.1.